The summed E-state index contributed by atoms with van der Waals surface area (Å²) in [5, 5.41) is 0. The van der Waals surface area contributed by atoms with Crippen LogP contribution in [0.2, 0.25) is 0 Å². The Bertz CT molecular complexity index is 742. The molecule has 0 radical (unpaired) electrons. The molecule has 0 aliphatic rings. The molecule has 0 aliphatic carbocycles. The molecule has 0 amide bonds. The zero-order chi connectivity index (χ0) is 20.9. The van der Waals surface area contributed by atoms with Gasteiger partial charge in [-0.2, -0.15) is 0 Å². The van der Waals surface area contributed by atoms with Crippen molar-refractivity contribution >= 4 is 113 Å². The number of hydrogen-bond donors (Lipinski definition) is 0. The summed E-state index contributed by atoms with van der Waals surface area (Å²) in [6, 6.07) is 0. The first kappa shape index (κ1) is 27.1. The molecule has 0 saturated heterocycles. The summed E-state index contributed by atoms with van der Waals surface area (Å²) in [5.74, 6) is 1.83. The van der Waals surface area contributed by atoms with Gasteiger partial charge in [0.25, 0.3) is 0 Å². The molecule has 0 aromatic carbocycles. The Morgan fingerprint density at radius 2 is 1.00 bits per heavy atom. The lowest BCUT2D eigenvalue weighted by Crippen LogP contribution is -2.11. The molecular weight excluding hydrogens is 561 g/mol. The van der Waals surface area contributed by atoms with E-state index in [9.17, 15) is 0 Å². The van der Waals surface area contributed by atoms with Crippen LogP contribution in [0, 0.1) is 7.65 Å². The molecule has 0 bridgehead atoms. The second-order valence-electron chi connectivity index (χ2n) is 5.08. The van der Waals surface area contributed by atoms with Crippen molar-refractivity contribution in [1.82, 2.24) is 0 Å². The number of rotatable bonds is 16. The lowest BCUT2D eigenvalue weighted by molar-refractivity contribution is 0.0205. The maximum atomic E-state index is 5.63. The van der Waals surface area contributed by atoms with Crippen LogP contribution < -0.4 is 0 Å². The van der Waals surface area contributed by atoms with Gasteiger partial charge in [0.05, 0.1) is 57.9 Å². The molecule has 2 rings (SSSR count). The quantitative estimate of drug-likeness (QED) is 0.0851. The van der Waals surface area contributed by atoms with Gasteiger partial charge in [0, 0.05) is 11.5 Å². The zero-order valence-electron chi connectivity index (χ0n) is 16.0. The fraction of sp³-hybridized carbons (Fsp3) is 0.625. The van der Waals surface area contributed by atoms with Gasteiger partial charge in [0.1, 0.15) is 7.65 Å². The van der Waals surface area contributed by atoms with Gasteiger partial charge >= 0.3 is 0 Å². The molecule has 0 unspecified atom stereocenters. The normalized spacial score (nSPS) is 11.4. The Kier molecular flexibility index (Phi) is 15.3. The third-order valence-corrected chi connectivity index (χ3v) is 15.3. The minimum absolute atomic E-state index is 0.596. The number of hydrogen-bond acceptors (Lipinski definition) is 13. The minimum Gasteiger partial charge on any atom is -0.378 e. The molecule has 0 atom stereocenters. The van der Waals surface area contributed by atoms with E-state index >= 15 is 0 Å². The maximum absolute atomic E-state index is 5.63. The Labute approximate surface area is 214 Å². The van der Waals surface area contributed by atoms with Crippen molar-refractivity contribution in [2.75, 3.05) is 63.7 Å². The standard InChI is InChI=1S/C16H22O3S10/c1-22-15-11(13(20)26-28-15)24-9-7-18-5-3-17-4-6-19-8-10-25-12-14(21)27-29-16(12)23-2/h3-10H2,1-2H3. The molecule has 0 spiro atoms. The van der Waals surface area contributed by atoms with Crippen molar-refractivity contribution in [1.29, 1.82) is 0 Å². The summed E-state index contributed by atoms with van der Waals surface area (Å²) in [6.45, 7) is 3.82. The molecule has 2 aromatic heterocycles. The van der Waals surface area contributed by atoms with Gasteiger partial charge in [-0.3, -0.25) is 0 Å². The molecule has 0 fully saturated rings. The highest BCUT2D eigenvalue weighted by atomic mass is 32.9. The lowest BCUT2D eigenvalue weighted by Gasteiger charge is -2.07. The zero-order valence-corrected chi connectivity index (χ0v) is 24.1. The van der Waals surface area contributed by atoms with Crippen molar-refractivity contribution in [3.8, 4) is 0 Å². The summed E-state index contributed by atoms with van der Waals surface area (Å²) in [6.07, 6.45) is 4.19. The number of ether oxygens (including phenoxy) is 3. The summed E-state index contributed by atoms with van der Waals surface area (Å²) in [4.78, 5) is 2.48. The SMILES string of the molecule is CSc1ssc(=S)c1SCCOCCOCCOCCSc1c(SC)ssc1=S. The number of thioether (sulfide) groups is 4. The van der Waals surface area contributed by atoms with Gasteiger partial charge in [0.2, 0.25) is 0 Å². The fourth-order valence-corrected chi connectivity index (χ4v) is 13.4. The highest BCUT2D eigenvalue weighted by Crippen LogP contribution is 2.39. The monoisotopic (exact) mass is 582 g/mol. The molecule has 3 nitrogen and oxygen atoms in total. The second kappa shape index (κ2) is 16.4. The van der Waals surface area contributed by atoms with Crippen molar-refractivity contribution in [2.24, 2.45) is 0 Å². The largest absolute Gasteiger partial charge is 0.378 e. The van der Waals surface area contributed by atoms with Crippen LogP contribution in [0.25, 0.3) is 0 Å². The van der Waals surface area contributed by atoms with E-state index in [1.165, 1.54) is 18.2 Å². The molecule has 0 saturated carbocycles. The molecule has 2 aromatic rings. The fourth-order valence-electron chi connectivity index (χ4n) is 1.91. The first-order valence-corrected chi connectivity index (χ1v) is 18.0. The van der Waals surface area contributed by atoms with Crippen molar-refractivity contribution < 1.29 is 14.2 Å². The maximum Gasteiger partial charge on any atom is 0.116 e. The van der Waals surface area contributed by atoms with Gasteiger partial charge in [-0.15, -0.1) is 47.0 Å². The van der Waals surface area contributed by atoms with Gasteiger partial charge in [-0.25, -0.2) is 0 Å². The molecule has 13 heteroatoms. The first-order valence-electron chi connectivity index (χ1n) is 8.50. The van der Waals surface area contributed by atoms with Gasteiger partial charge in [-0.05, 0) is 12.5 Å². The van der Waals surface area contributed by atoms with Crippen LogP contribution in [-0.4, -0.2) is 63.7 Å². The summed E-state index contributed by atoms with van der Waals surface area (Å²) in [7, 11) is 6.88. The van der Waals surface area contributed by atoms with Crippen LogP contribution in [0.1, 0.15) is 0 Å². The Balaban J connectivity index is 1.40. The minimum atomic E-state index is 0.596. The van der Waals surface area contributed by atoms with E-state index in [0.717, 1.165) is 19.2 Å². The van der Waals surface area contributed by atoms with E-state index in [1.807, 2.05) is 0 Å². The van der Waals surface area contributed by atoms with Crippen LogP contribution in [0.5, 0.6) is 0 Å². The van der Waals surface area contributed by atoms with E-state index < -0.39 is 0 Å². The van der Waals surface area contributed by atoms with Crippen LogP contribution >= 0.6 is 113 Å². The van der Waals surface area contributed by atoms with Crippen molar-refractivity contribution in [3.05, 3.63) is 7.65 Å². The summed E-state index contributed by atoms with van der Waals surface area (Å²) < 4.78 is 21.4. The average Bonchev–Trinajstić information content (AvgIpc) is 3.27. The van der Waals surface area contributed by atoms with E-state index in [2.05, 4.69) is 12.5 Å². The third kappa shape index (κ3) is 10.1. The van der Waals surface area contributed by atoms with E-state index in [0.29, 0.717) is 39.6 Å². The average molecular weight is 583 g/mol. The molecule has 2 heterocycles. The summed E-state index contributed by atoms with van der Waals surface area (Å²) >= 11 is 17.9. The van der Waals surface area contributed by atoms with Gasteiger partial charge in [0.15, 0.2) is 0 Å². The first-order chi connectivity index (χ1) is 14.2. The summed E-state index contributed by atoms with van der Waals surface area (Å²) in [5.41, 5.74) is 0. The van der Waals surface area contributed by atoms with E-state index in [1.54, 1.807) is 88.4 Å². The topological polar surface area (TPSA) is 27.7 Å². The van der Waals surface area contributed by atoms with Gasteiger partial charge < -0.3 is 14.2 Å². The smallest absolute Gasteiger partial charge is 0.116 e. The predicted molar refractivity (Wildman–Crippen MR) is 144 cm³/mol. The van der Waals surface area contributed by atoms with Crippen molar-refractivity contribution in [2.45, 2.75) is 18.2 Å². The van der Waals surface area contributed by atoms with Crippen LogP contribution in [-0.2, 0) is 14.2 Å². The van der Waals surface area contributed by atoms with Crippen LogP contribution in [0.4, 0.5) is 0 Å². The van der Waals surface area contributed by atoms with E-state index in [-0.39, 0.29) is 0 Å². The lowest BCUT2D eigenvalue weighted by atomic mass is 10.7. The molecular formula is C16H22O3S10. The second-order valence-corrected chi connectivity index (χ2v) is 15.1. The van der Waals surface area contributed by atoms with Gasteiger partial charge in [-0.1, -0.05) is 65.8 Å². The van der Waals surface area contributed by atoms with Crippen LogP contribution in [0.15, 0.2) is 18.2 Å². The highest BCUT2D eigenvalue weighted by molar-refractivity contribution is 8.05. The molecule has 29 heavy (non-hydrogen) atoms. The van der Waals surface area contributed by atoms with Crippen molar-refractivity contribution in [3.63, 3.8) is 0 Å². The van der Waals surface area contributed by atoms with E-state index in [4.69, 9.17) is 38.6 Å². The Morgan fingerprint density at radius 3 is 1.38 bits per heavy atom. The Morgan fingerprint density at radius 1 is 0.621 bits per heavy atom. The van der Waals surface area contributed by atoms with Crippen LogP contribution in [0.3, 0.4) is 0 Å². The Hall–Kier alpha value is 1.82. The third-order valence-electron chi connectivity index (χ3n) is 3.19. The molecule has 0 aliphatic heterocycles. The molecule has 164 valence electrons. The molecule has 0 N–H and O–H groups in total. The highest BCUT2D eigenvalue weighted by Gasteiger charge is 2.08. The predicted octanol–water partition coefficient (Wildman–Crippen LogP) is 7.77.